The second kappa shape index (κ2) is 6.06. The zero-order chi connectivity index (χ0) is 14.7. The van der Waals surface area contributed by atoms with Gasteiger partial charge in [0, 0.05) is 24.0 Å². The Balaban J connectivity index is 1.73. The minimum Gasteiger partial charge on any atom is -0.444 e. The van der Waals surface area contributed by atoms with Crippen molar-refractivity contribution < 1.29 is 4.42 Å². The smallest absolute Gasteiger partial charge is 0.208 e. The summed E-state index contributed by atoms with van der Waals surface area (Å²) in [7, 11) is 0. The number of para-hydroxylation sites is 1. The molecule has 2 heterocycles. The highest BCUT2D eigenvalue weighted by Crippen LogP contribution is 2.18. The second-order valence-corrected chi connectivity index (χ2v) is 5.12. The Hall–Kier alpha value is -2.20. The van der Waals surface area contributed by atoms with Gasteiger partial charge in [-0.3, -0.25) is 4.98 Å². The SMILES string of the molecule is CCc1cnc(CNCc2cc(C)nc3ccccc23)o1. The minimum absolute atomic E-state index is 0.635. The molecule has 0 saturated carbocycles. The molecule has 0 bridgehead atoms. The standard InChI is InChI=1S/C17H19N3O/c1-3-14-10-19-17(21-14)11-18-9-13-8-12(2)20-16-7-5-4-6-15(13)16/h4-8,10,18H,3,9,11H2,1-2H3. The van der Waals surface area contributed by atoms with Crippen molar-refractivity contribution in [1.82, 2.24) is 15.3 Å². The van der Waals surface area contributed by atoms with Gasteiger partial charge in [-0.1, -0.05) is 25.1 Å². The van der Waals surface area contributed by atoms with E-state index in [1.54, 1.807) is 6.20 Å². The van der Waals surface area contributed by atoms with Crippen LogP contribution in [0.15, 0.2) is 40.9 Å². The van der Waals surface area contributed by atoms with Crippen molar-refractivity contribution in [3.8, 4) is 0 Å². The summed E-state index contributed by atoms with van der Waals surface area (Å²) in [5.41, 5.74) is 3.33. The van der Waals surface area contributed by atoms with E-state index < -0.39 is 0 Å². The summed E-state index contributed by atoms with van der Waals surface area (Å²) in [6.07, 6.45) is 2.67. The fourth-order valence-electron chi connectivity index (χ4n) is 2.44. The third-order valence-corrected chi connectivity index (χ3v) is 3.47. The molecule has 0 aliphatic carbocycles. The van der Waals surface area contributed by atoms with Crippen molar-refractivity contribution in [1.29, 1.82) is 0 Å². The lowest BCUT2D eigenvalue weighted by molar-refractivity contribution is 0.439. The highest BCUT2D eigenvalue weighted by molar-refractivity contribution is 5.82. The van der Waals surface area contributed by atoms with Gasteiger partial charge in [0.1, 0.15) is 5.76 Å². The summed E-state index contributed by atoms with van der Waals surface area (Å²) in [6, 6.07) is 10.4. The normalized spacial score (nSPS) is 11.1. The number of hydrogen-bond donors (Lipinski definition) is 1. The molecule has 0 aliphatic rings. The largest absolute Gasteiger partial charge is 0.444 e. The van der Waals surface area contributed by atoms with Crippen LogP contribution in [0.1, 0.15) is 29.8 Å². The number of oxazole rings is 1. The van der Waals surface area contributed by atoms with Crippen LogP contribution < -0.4 is 5.32 Å². The number of nitrogens with one attached hydrogen (secondary N) is 1. The molecule has 0 aliphatic heterocycles. The van der Waals surface area contributed by atoms with Crippen LogP contribution in [0.2, 0.25) is 0 Å². The van der Waals surface area contributed by atoms with Crippen LogP contribution in [-0.4, -0.2) is 9.97 Å². The van der Waals surface area contributed by atoms with Gasteiger partial charge in [0.2, 0.25) is 5.89 Å². The number of nitrogens with zero attached hydrogens (tertiary/aromatic N) is 2. The van der Waals surface area contributed by atoms with Crippen molar-refractivity contribution in [2.75, 3.05) is 0 Å². The van der Waals surface area contributed by atoms with Crippen LogP contribution in [0.5, 0.6) is 0 Å². The van der Waals surface area contributed by atoms with Crippen molar-refractivity contribution in [2.24, 2.45) is 0 Å². The lowest BCUT2D eigenvalue weighted by atomic mass is 10.1. The predicted molar refractivity (Wildman–Crippen MR) is 82.9 cm³/mol. The molecule has 0 unspecified atom stereocenters. The lowest BCUT2D eigenvalue weighted by Gasteiger charge is -2.08. The Morgan fingerprint density at radius 2 is 2.05 bits per heavy atom. The molecule has 108 valence electrons. The predicted octanol–water partition coefficient (Wildman–Crippen LogP) is 3.38. The molecule has 0 fully saturated rings. The Morgan fingerprint density at radius 3 is 2.86 bits per heavy atom. The Kier molecular flexibility index (Phi) is 3.97. The molecule has 21 heavy (non-hydrogen) atoms. The van der Waals surface area contributed by atoms with E-state index >= 15 is 0 Å². The van der Waals surface area contributed by atoms with Crippen LogP contribution in [0.4, 0.5) is 0 Å². The topological polar surface area (TPSA) is 51.0 Å². The maximum absolute atomic E-state index is 5.60. The number of hydrogen-bond acceptors (Lipinski definition) is 4. The molecule has 4 heteroatoms. The Morgan fingerprint density at radius 1 is 1.19 bits per heavy atom. The van der Waals surface area contributed by atoms with Crippen molar-refractivity contribution in [2.45, 2.75) is 33.4 Å². The monoisotopic (exact) mass is 281 g/mol. The van der Waals surface area contributed by atoms with E-state index in [2.05, 4.69) is 34.3 Å². The van der Waals surface area contributed by atoms with E-state index in [0.717, 1.165) is 35.8 Å². The quantitative estimate of drug-likeness (QED) is 0.779. The van der Waals surface area contributed by atoms with Gasteiger partial charge in [-0.05, 0) is 24.6 Å². The van der Waals surface area contributed by atoms with Crippen LogP contribution in [0.25, 0.3) is 10.9 Å². The van der Waals surface area contributed by atoms with Gasteiger partial charge in [0.15, 0.2) is 0 Å². The van der Waals surface area contributed by atoms with Crippen LogP contribution in [0, 0.1) is 6.92 Å². The van der Waals surface area contributed by atoms with E-state index in [9.17, 15) is 0 Å². The van der Waals surface area contributed by atoms with Gasteiger partial charge in [0.05, 0.1) is 18.3 Å². The van der Waals surface area contributed by atoms with Gasteiger partial charge in [-0.15, -0.1) is 0 Å². The molecule has 1 aromatic carbocycles. The lowest BCUT2D eigenvalue weighted by Crippen LogP contribution is -2.13. The fraction of sp³-hybridized carbons (Fsp3) is 0.294. The zero-order valence-electron chi connectivity index (χ0n) is 12.4. The highest BCUT2D eigenvalue weighted by atomic mass is 16.4. The van der Waals surface area contributed by atoms with Crippen LogP contribution >= 0.6 is 0 Å². The number of aromatic nitrogens is 2. The van der Waals surface area contributed by atoms with Gasteiger partial charge >= 0.3 is 0 Å². The average Bonchev–Trinajstić information content (AvgIpc) is 2.95. The molecule has 3 rings (SSSR count). The van der Waals surface area contributed by atoms with E-state index in [1.807, 2.05) is 25.1 Å². The first-order chi connectivity index (χ1) is 10.3. The number of fused-ring (bicyclic) bond motifs is 1. The summed E-state index contributed by atoms with van der Waals surface area (Å²) in [5.74, 6) is 1.67. The molecular formula is C17H19N3O. The molecule has 4 nitrogen and oxygen atoms in total. The molecule has 0 amide bonds. The Bertz CT molecular complexity index is 749. The van der Waals surface area contributed by atoms with Crippen molar-refractivity contribution in [3.05, 3.63) is 59.4 Å². The van der Waals surface area contributed by atoms with E-state index in [0.29, 0.717) is 6.54 Å². The molecule has 1 N–H and O–H groups in total. The minimum atomic E-state index is 0.635. The molecule has 0 atom stereocenters. The van der Waals surface area contributed by atoms with Crippen molar-refractivity contribution in [3.63, 3.8) is 0 Å². The fourth-order valence-corrected chi connectivity index (χ4v) is 2.44. The van der Waals surface area contributed by atoms with Crippen molar-refractivity contribution >= 4 is 10.9 Å². The highest BCUT2D eigenvalue weighted by Gasteiger charge is 2.05. The number of rotatable bonds is 5. The van der Waals surface area contributed by atoms with Gasteiger partial charge in [-0.2, -0.15) is 0 Å². The third kappa shape index (κ3) is 3.11. The van der Waals surface area contributed by atoms with Gasteiger partial charge < -0.3 is 9.73 Å². The first-order valence-corrected chi connectivity index (χ1v) is 7.26. The van der Waals surface area contributed by atoms with Gasteiger partial charge in [-0.25, -0.2) is 4.98 Å². The molecule has 0 saturated heterocycles. The van der Waals surface area contributed by atoms with Gasteiger partial charge in [0.25, 0.3) is 0 Å². The van der Waals surface area contributed by atoms with Crippen LogP contribution in [0.3, 0.4) is 0 Å². The summed E-state index contributed by atoms with van der Waals surface area (Å²) >= 11 is 0. The molecule has 2 aromatic heterocycles. The number of benzene rings is 1. The first kappa shape index (κ1) is 13.8. The maximum Gasteiger partial charge on any atom is 0.208 e. The summed E-state index contributed by atoms with van der Waals surface area (Å²) in [5, 5.41) is 4.58. The third-order valence-electron chi connectivity index (χ3n) is 3.47. The molecular weight excluding hydrogens is 262 g/mol. The Labute approximate surface area is 124 Å². The summed E-state index contributed by atoms with van der Waals surface area (Å²) in [6.45, 7) is 5.49. The zero-order valence-corrected chi connectivity index (χ0v) is 12.4. The average molecular weight is 281 g/mol. The summed E-state index contributed by atoms with van der Waals surface area (Å²) in [4.78, 5) is 8.81. The van der Waals surface area contributed by atoms with E-state index in [4.69, 9.17) is 4.42 Å². The first-order valence-electron chi connectivity index (χ1n) is 7.26. The number of aryl methyl sites for hydroxylation is 2. The molecule has 0 spiro atoms. The summed E-state index contributed by atoms with van der Waals surface area (Å²) < 4.78 is 5.60. The second-order valence-electron chi connectivity index (χ2n) is 5.12. The number of pyridine rings is 1. The molecule has 0 radical (unpaired) electrons. The van der Waals surface area contributed by atoms with E-state index in [-0.39, 0.29) is 0 Å². The molecule has 3 aromatic rings. The van der Waals surface area contributed by atoms with E-state index in [1.165, 1.54) is 10.9 Å². The van der Waals surface area contributed by atoms with Crippen LogP contribution in [-0.2, 0) is 19.5 Å². The maximum atomic E-state index is 5.60.